The van der Waals surface area contributed by atoms with Gasteiger partial charge in [0.15, 0.2) is 0 Å². The maximum Gasteiger partial charge on any atom is 0.302 e. The number of aliphatic hydroxyl groups is 4. The predicted octanol–water partition coefficient (Wildman–Crippen LogP) is 0.755. The van der Waals surface area contributed by atoms with E-state index in [9.17, 15) is 25.2 Å². The lowest BCUT2D eigenvalue weighted by molar-refractivity contribution is -0.223. The molecule has 7 heteroatoms. The normalized spacial score (nSPS) is 61.9. The van der Waals surface area contributed by atoms with Crippen molar-refractivity contribution < 1.29 is 34.7 Å². The third kappa shape index (κ3) is 2.14. The summed E-state index contributed by atoms with van der Waals surface area (Å²) in [5.41, 5.74) is -5.47. The Morgan fingerprint density at radius 3 is 2.38 bits per heavy atom. The van der Waals surface area contributed by atoms with Crippen LogP contribution in [0, 0.1) is 28.6 Å². The lowest BCUT2D eigenvalue weighted by atomic mass is 9.57. The second-order valence-electron chi connectivity index (χ2n) is 11.5. The zero-order valence-corrected chi connectivity index (χ0v) is 17.9. The molecule has 5 aliphatic rings. The molecule has 0 radical (unpaired) electrons. The molecule has 2 bridgehead atoms. The molecule has 4 aliphatic carbocycles. The highest BCUT2D eigenvalue weighted by atomic mass is 16.6. The number of hydrogen-bond acceptors (Lipinski definition) is 7. The number of rotatable bonds is 1. The number of carbonyl (C=O) groups is 1. The summed E-state index contributed by atoms with van der Waals surface area (Å²) < 4.78 is 11.6. The van der Waals surface area contributed by atoms with Crippen LogP contribution in [0.25, 0.3) is 0 Å². The number of hydrogen-bond donors (Lipinski definition) is 4. The van der Waals surface area contributed by atoms with Crippen LogP contribution in [0.5, 0.6) is 0 Å². The fourth-order valence-corrected chi connectivity index (χ4v) is 8.61. The molecule has 1 heterocycles. The molecule has 0 aromatic carbocycles. The molecule has 11 atom stereocenters. The van der Waals surface area contributed by atoms with Crippen LogP contribution in [0.1, 0.15) is 60.3 Å². The van der Waals surface area contributed by atoms with Crippen molar-refractivity contribution in [1.82, 2.24) is 0 Å². The first-order valence-electron chi connectivity index (χ1n) is 10.9. The summed E-state index contributed by atoms with van der Waals surface area (Å²) in [7, 11) is 0. The van der Waals surface area contributed by atoms with Crippen molar-refractivity contribution in [3.8, 4) is 0 Å². The highest BCUT2D eigenvalue weighted by Crippen LogP contribution is 2.73. The van der Waals surface area contributed by atoms with Gasteiger partial charge in [0.2, 0.25) is 0 Å². The van der Waals surface area contributed by atoms with Crippen LogP contribution < -0.4 is 0 Å². The second-order valence-corrected chi connectivity index (χ2v) is 11.5. The van der Waals surface area contributed by atoms with E-state index in [2.05, 4.69) is 0 Å². The first-order valence-corrected chi connectivity index (χ1v) is 10.9. The van der Waals surface area contributed by atoms with Crippen molar-refractivity contribution in [2.24, 2.45) is 28.6 Å². The summed E-state index contributed by atoms with van der Waals surface area (Å²) in [5.74, 6) is -1.66. The van der Waals surface area contributed by atoms with Crippen LogP contribution in [-0.2, 0) is 14.3 Å². The van der Waals surface area contributed by atoms with Crippen molar-refractivity contribution in [2.45, 2.75) is 102 Å². The Balaban J connectivity index is 1.69. The van der Waals surface area contributed by atoms with E-state index < -0.39 is 51.7 Å². The third-order valence-electron chi connectivity index (χ3n) is 9.66. The monoisotopic (exact) mass is 410 g/mol. The Hall–Kier alpha value is -0.730. The number of carbonyl (C=O) groups excluding carboxylic acids is 1. The minimum absolute atomic E-state index is 0.175. The lowest BCUT2D eigenvalue weighted by Gasteiger charge is -2.52. The Bertz CT molecular complexity index is 760. The Labute approximate surface area is 171 Å². The van der Waals surface area contributed by atoms with E-state index in [0.717, 1.165) is 0 Å². The maximum absolute atomic E-state index is 12.0. The van der Waals surface area contributed by atoms with Gasteiger partial charge in [-0.1, -0.05) is 13.8 Å². The minimum atomic E-state index is -1.53. The molecule has 1 aliphatic heterocycles. The predicted molar refractivity (Wildman–Crippen MR) is 102 cm³/mol. The molecule has 0 amide bonds. The van der Waals surface area contributed by atoms with E-state index in [0.29, 0.717) is 19.3 Å². The zero-order valence-electron chi connectivity index (χ0n) is 17.9. The summed E-state index contributed by atoms with van der Waals surface area (Å²) in [6.45, 7) is 8.64. The SMILES string of the molecule is CC(=O)O[C@@H]1[C@@H]2CC[C@H]3[C@@](C)(O)[C@@H]4[C@@H]5O[C@@H]5C(C)(C)[C@@]4(O)[C@H](O)C[C@]13C[C@@]2(C)O. The van der Waals surface area contributed by atoms with Gasteiger partial charge in [-0.25, -0.2) is 0 Å². The largest absolute Gasteiger partial charge is 0.462 e. The molecule has 7 nitrogen and oxygen atoms in total. The van der Waals surface area contributed by atoms with Crippen LogP contribution in [0.3, 0.4) is 0 Å². The van der Waals surface area contributed by atoms with E-state index in [1.807, 2.05) is 13.8 Å². The van der Waals surface area contributed by atoms with Crippen molar-refractivity contribution in [1.29, 1.82) is 0 Å². The standard InChI is InChI=1S/C22H34O7/c1-10(23)28-16-11-6-7-12-20(5,26)15-14-17(29-14)18(2,3)22(15,27)13(24)8-21(12,16)9-19(11,4)25/h11-17,24-27H,6-9H2,1-5H3/t11-,12-,13+,14-,15-,16+,17-,19+,20+,21+,22+/m0/s1. The van der Waals surface area contributed by atoms with E-state index in [4.69, 9.17) is 9.47 Å². The fourth-order valence-electron chi connectivity index (χ4n) is 8.61. The smallest absolute Gasteiger partial charge is 0.302 e. The van der Waals surface area contributed by atoms with Crippen LogP contribution in [0.15, 0.2) is 0 Å². The zero-order chi connectivity index (χ0) is 21.4. The summed E-state index contributed by atoms with van der Waals surface area (Å²) in [5, 5.41) is 46.6. The molecule has 0 aromatic heterocycles. The molecule has 164 valence electrons. The van der Waals surface area contributed by atoms with Crippen molar-refractivity contribution >= 4 is 5.97 Å². The number of esters is 1. The molecule has 5 fully saturated rings. The van der Waals surface area contributed by atoms with Crippen molar-refractivity contribution in [2.75, 3.05) is 0 Å². The number of fused-ring (bicyclic) bond motifs is 4. The van der Waals surface area contributed by atoms with E-state index in [1.165, 1.54) is 6.92 Å². The van der Waals surface area contributed by atoms with Gasteiger partial charge < -0.3 is 29.9 Å². The number of epoxide rings is 1. The third-order valence-corrected chi connectivity index (χ3v) is 9.66. The quantitative estimate of drug-likeness (QED) is 0.372. The Morgan fingerprint density at radius 1 is 1.10 bits per heavy atom. The van der Waals surface area contributed by atoms with Gasteiger partial charge in [-0.15, -0.1) is 0 Å². The summed E-state index contributed by atoms with van der Waals surface area (Å²) in [6.07, 6.45) is -0.470. The maximum atomic E-state index is 12.0. The summed E-state index contributed by atoms with van der Waals surface area (Å²) in [6, 6.07) is 0. The van der Waals surface area contributed by atoms with Crippen LogP contribution in [0.4, 0.5) is 0 Å². The van der Waals surface area contributed by atoms with E-state index >= 15 is 0 Å². The van der Waals surface area contributed by atoms with Gasteiger partial charge in [-0.3, -0.25) is 4.79 Å². The first-order chi connectivity index (χ1) is 13.2. The highest BCUT2D eigenvalue weighted by molar-refractivity contribution is 5.66. The molecular weight excluding hydrogens is 376 g/mol. The Kier molecular flexibility index (Phi) is 3.73. The Morgan fingerprint density at radius 2 is 1.76 bits per heavy atom. The van der Waals surface area contributed by atoms with Gasteiger partial charge in [0.1, 0.15) is 11.7 Å². The molecular formula is C22H34O7. The molecule has 0 aromatic rings. The lowest BCUT2D eigenvalue weighted by Crippen LogP contribution is -2.63. The molecule has 29 heavy (non-hydrogen) atoms. The molecule has 1 spiro atoms. The second kappa shape index (κ2) is 5.36. The van der Waals surface area contributed by atoms with Gasteiger partial charge in [0.05, 0.1) is 29.5 Å². The molecule has 5 rings (SSSR count). The van der Waals surface area contributed by atoms with Crippen LogP contribution >= 0.6 is 0 Å². The average molecular weight is 411 g/mol. The molecule has 0 unspecified atom stereocenters. The van der Waals surface area contributed by atoms with E-state index in [1.54, 1.807) is 13.8 Å². The topological polar surface area (TPSA) is 120 Å². The van der Waals surface area contributed by atoms with Gasteiger partial charge in [0.25, 0.3) is 0 Å². The summed E-state index contributed by atoms with van der Waals surface area (Å²) >= 11 is 0. The van der Waals surface area contributed by atoms with Crippen molar-refractivity contribution in [3.63, 3.8) is 0 Å². The van der Waals surface area contributed by atoms with Crippen LogP contribution in [-0.4, -0.2) is 67.6 Å². The van der Waals surface area contributed by atoms with Gasteiger partial charge in [-0.05, 0) is 45.4 Å². The van der Waals surface area contributed by atoms with Crippen molar-refractivity contribution in [3.05, 3.63) is 0 Å². The fraction of sp³-hybridized carbons (Fsp3) is 0.955. The average Bonchev–Trinajstić information content (AvgIpc) is 3.29. The molecule has 4 saturated carbocycles. The summed E-state index contributed by atoms with van der Waals surface area (Å²) in [4.78, 5) is 12.0. The first kappa shape index (κ1) is 20.2. The van der Waals surface area contributed by atoms with Gasteiger partial charge in [0, 0.05) is 29.6 Å². The van der Waals surface area contributed by atoms with Gasteiger partial charge in [-0.2, -0.15) is 0 Å². The molecule has 1 saturated heterocycles. The van der Waals surface area contributed by atoms with E-state index in [-0.39, 0.29) is 30.5 Å². The number of ether oxygens (including phenoxy) is 2. The van der Waals surface area contributed by atoms with Gasteiger partial charge >= 0.3 is 5.97 Å². The van der Waals surface area contributed by atoms with Crippen LogP contribution in [0.2, 0.25) is 0 Å². The minimum Gasteiger partial charge on any atom is -0.462 e. The molecule has 4 N–H and O–H groups in total. The number of aliphatic hydroxyl groups excluding tert-OH is 1. The highest BCUT2D eigenvalue weighted by Gasteiger charge is 2.83.